The van der Waals surface area contributed by atoms with E-state index in [1.807, 2.05) is 18.7 Å². The van der Waals surface area contributed by atoms with Crippen LogP contribution in [-0.4, -0.2) is 16.1 Å². The Morgan fingerprint density at radius 3 is 2.50 bits per heavy atom. The van der Waals surface area contributed by atoms with Crippen LogP contribution in [0.4, 0.5) is 0 Å². The van der Waals surface area contributed by atoms with Gasteiger partial charge in [0.15, 0.2) is 0 Å². The summed E-state index contributed by atoms with van der Waals surface area (Å²) in [6.07, 6.45) is 5.66. The summed E-state index contributed by atoms with van der Waals surface area (Å²) in [6.45, 7) is 9.38. The molecule has 0 aliphatic heterocycles. The molecule has 3 nitrogen and oxygen atoms in total. The lowest BCUT2D eigenvalue weighted by atomic mass is 10.00. The molecule has 0 aliphatic carbocycles. The van der Waals surface area contributed by atoms with Gasteiger partial charge in [0.05, 0.1) is 6.33 Å². The van der Waals surface area contributed by atoms with Gasteiger partial charge in [-0.1, -0.05) is 17.7 Å². The van der Waals surface area contributed by atoms with Crippen LogP contribution in [0.2, 0.25) is 0 Å². The molecule has 18 heavy (non-hydrogen) atoms. The molecule has 1 N–H and O–H groups in total. The molecule has 0 spiro atoms. The predicted molar refractivity (Wildman–Crippen MR) is 74.6 cm³/mol. The first-order valence-corrected chi connectivity index (χ1v) is 6.40. The van der Waals surface area contributed by atoms with E-state index in [4.69, 9.17) is 0 Å². The summed E-state index contributed by atoms with van der Waals surface area (Å²) >= 11 is 0. The van der Waals surface area contributed by atoms with Gasteiger partial charge in [0, 0.05) is 32.0 Å². The summed E-state index contributed by atoms with van der Waals surface area (Å²) in [6, 6.07) is 4.50. The third kappa shape index (κ3) is 3.20. The number of aryl methyl sites for hydroxylation is 3. The smallest absolute Gasteiger partial charge is 0.0946 e. The molecule has 0 radical (unpaired) electrons. The Morgan fingerprint density at radius 2 is 1.89 bits per heavy atom. The monoisotopic (exact) mass is 243 g/mol. The number of hydrogen-bond acceptors (Lipinski definition) is 2. The number of imidazole rings is 1. The van der Waals surface area contributed by atoms with E-state index in [2.05, 4.69) is 47.8 Å². The zero-order valence-electron chi connectivity index (χ0n) is 11.4. The van der Waals surface area contributed by atoms with Crippen molar-refractivity contribution in [2.24, 2.45) is 0 Å². The molecule has 0 amide bonds. The lowest BCUT2D eigenvalue weighted by molar-refractivity contribution is 0.595. The summed E-state index contributed by atoms with van der Waals surface area (Å²) in [7, 11) is 0. The van der Waals surface area contributed by atoms with Gasteiger partial charge in [-0.15, -0.1) is 0 Å². The highest BCUT2D eigenvalue weighted by atomic mass is 15.0. The minimum Gasteiger partial charge on any atom is -0.336 e. The van der Waals surface area contributed by atoms with Gasteiger partial charge in [-0.2, -0.15) is 0 Å². The van der Waals surface area contributed by atoms with Crippen LogP contribution in [0, 0.1) is 20.8 Å². The van der Waals surface area contributed by atoms with E-state index < -0.39 is 0 Å². The summed E-state index contributed by atoms with van der Waals surface area (Å²) in [4.78, 5) is 4.03. The lowest BCUT2D eigenvalue weighted by Crippen LogP contribution is -2.20. The highest BCUT2D eigenvalue weighted by molar-refractivity contribution is 5.37. The molecule has 0 aliphatic rings. The number of nitrogens with one attached hydrogen (secondary N) is 1. The first-order chi connectivity index (χ1) is 8.66. The number of rotatable bonds is 5. The van der Waals surface area contributed by atoms with Crippen molar-refractivity contribution >= 4 is 0 Å². The number of benzene rings is 1. The first-order valence-electron chi connectivity index (χ1n) is 6.40. The number of aromatic nitrogens is 2. The van der Waals surface area contributed by atoms with Crippen molar-refractivity contribution in [3.8, 4) is 0 Å². The van der Waals surface area contributed by atoms with Crippen molar-refractivity contribution in [1.29, 1.82) is 0 Å². The average molecular weight is 243 g/mol. The molecule has 0 saturated heterocycles. The Labute approximate surface area is 109 Å². The van der Waals surface area contributed by atoms with Gasteiger partial charge in [0.2, 0.25) is 0 Å². The minimum atomic E-state index is 0.937. The minimum absolute atomic E-state index is 0.937. The van der Waals surface area contributed by atoms with Gasteiger partial charge < -0.3 is 9.88 Å². The molecular weight excluding hydrogens is 222 g/mol. The van der Waals surface area contributed by atoms with Crippen LogP contribution in [0.15, 0.2) is 30.9 Å². The normalized spacial score (nSPS) is 10.8. The fraction of sp³-hybridized carbons (Fsp3) is 0.400. The van der Waals surface area contributed by atoms with Gasteiger partial charge in [0.25, 0.3) is 0 Å². The van der Waals surface area contributed by atoms with Crippen LogP contribution >= 0.6 is 0 Å². The highest BCUT2D eigenvalue weighted by Gasteiger charge is 2.03. The van der Waals surface area contributed by atoms with Gasteiger partial charge in [-0.05, 0) is 37.5 Å². The SMILES string of the molecule is Cc1cc(C)c(CNCCn2ccnc2)c(C)c1. The molecule has 0 bridgehead atoms. The van der Waals surface area contributed by atoms with E-state index >= 15 is 0 Å². The Balaban J connectivity index is 1.87. The molecule has 3 heteroatoms. The fourth-order valence-electron chi connectivity index (χ4n) is 2.33. The van der Waals surface area contributed by atoms with Crippen LogP contribution < -0.4 is 5.32 Å². The summed E-state index contributed by atoms with van der Waals surface area (Å²) in [5, 5.41) is 3.49. The van der Waals surface area contributed by atoms with E-state index in [1.165, 1.54) is 22.3 Å². The molecule has 0 atom stereocenters. The summed E-state index contributed by atoms with van der Waals surface area (Å²) in [5.41, 5.74) is 5.52. The van der Waals surface area contributed by atoms with Crippen LogP contribution in [0.1, 0.15) is 22.3 Å². The standard InChI is InChI=1S/C15H21N3/c1-12-8-13(2)15(14(3)9-12)10-16-4-6-18-7-5-17-11-18/h5,7-9,11,16H,4,6,10H2,1-3H3. The summed E-state index contributed by atoms with van der Waals surface area (Å²) < 4.78 is 2.09. The second-order valence-electron chi connectivity index (χ2n) is 4.85. The van der Waals surface area contributed by atoms with E-state index in [1.54, 1.807) is 0 Å². The van der Waals surface area contributed by atoms with Crippen molar-refractivity contribution in [2.45, 2.75) is 33.9 Å². The van der Waals surface area contributed by atoms with Crippen LogP contribution in [0.5, 0.6) is 0 Å². The maximum atomic E-state index is 4.03. The quantitative estimate of drug-likeness (QED) is 0.818. The zero-order valence-corrected chi connectivity index (χ0v) is 11.4. The zero-order chi connectivity index (χ0) is 13.0. The average Bonchev–Trinajstić information content (AvgIpc) is 2.79. The third-order valence-corrected chi connectivity index (χ3v) is 3.25. The van der Waals surface area contributed by atoms with E-state index in [-0.39, 0.29) is 0 Å². The molecule has 0 saturated carbocycles. The molecule has 0 fully saturated rings. The molecule has 1 aromatic carbocycles. The maximum Gasteiger partial charge on any atom is 0.0946 e. The molecule has 2 aromatic rings. The van der Waals surface area contributed by atoms with E-state index in [0.717, 1.165) is 19.6 Å². The number of hydrogen-bond donors (Lipinski definition) is 1. The Hall–Kier alpha value is -1.61. The van der Waals surface area contributed by atoms with Crippen LogP contribution in [0.3, 0.4) is 0 Å². The first kappa shape index (κ1) is 12.8. The van der Waals surface area contributed by atoms with Gasteiger partial charge in [-0.25, -0.2) is 4.98 Å². The Morgan fingerprint density at radius 1 is 1.17 bits per heavy atom. The fourth-order valence-corrected chi connectivity index (χ4v) is 2.33. The van der Waals surface area contributed by atoms with Crippen molar-refractivity contribution < 1.29 is 0 Å². The van der Waals surface area contributed by atoms with Crippen molar-refractivity contribution in [3.05, 3.63) is 53.1 Å². The van der Waals surface area contributed by atoms with Gasteiger partial charge >= 0.3 is 0 Å². The van der Waals surface area contributed by atoms with Crippen molar-refractivity contribution in [2.75, 3.05) is 6.54 Å². The third-order valence-electron chi connectivity index (χ3n) is 3.25. The number of nitrogens with zero attached hydrogens (tertiary/aromatic N) is 2. The van der Waals surface area contributed by atoms with Gasteiger partial charge in [-0.3, -0.25) is 0 Å². The Kier molecular flexibility index (Phi) is 4.15. The molecule has 1 aromatic heterocycles. The molecule has 96 valence electrons. The maximum absolute atomic E-state index is 4.03. The van der Waals surface area contributed by atoms with E-state index in [0.29, 0.717) is 0 Å². The van der Waals surface area contributed by atoms with E-state index in [9.17, 15) is 0 Å². The Bertz CT molecular complexity index is 477. The molecule has 1 heterocycles. The van der Waals surface area contributed by atoms with Crippen molar-refractivity contribution in [1.82, 2.24) is 14.9 Å². The second-order valence-corrected chi connectivity index (χ2v) is 4.85. The second kappa shape index (κ2) is 5.83. The highest BCUT2D eigenvalue weighted by Crippen LogP contribution is 2.15. The molecule has 0 unspecified atom stereocenters. The molecular formula is C15H21N3. The largest absolute Gasteiger partial charge is 0.336 e. The molecule has 2 rings (SSSR count). The summed E-state index contributed by atoms with van der Waals surface area (Å²) in [5.74, 6) is 0. The van der Waals surface area contributed by atoms with Crippen LogP contribution in [-0.2, 0) is 13.1 Å². The lowest BCUT2D eigenvalue weighted by Gasteiger charge is -2.12. The van der Waals surface area contributed by atoms with Crippen LogP contribution in [0.25, 0.3) is 0 Å². The van der Waals surface area contributed by atoms with Crippen molar-refractivity contribution in [3.63, 3.8) is 0 Å². The predicted octanol–water partition coefficient (Wildman–Crippen LogP) is 2.60. The topological polar surface area (TPSA) is 29.9 Å². The van der Waals surface area contributed by atoms with Gasteiger partial charge in [0.1, 0.15) is 0 Å².